The third kappa shape index (κ3) is 2.32. The predicted octanol–water partition coefficient (Wildman–Crippen LogP) is 1.31. The fourth-order valence-corrected chi connectivity index (χ4v) is 1.79. The molecule has 0 amide bonds. The van der Waals surface area contributed by atoms with E-state index < -0.39 is 0 Å². The summed E-state index contributed by atoms with van der Waals surface area (Å²) in [4.78, 5) is 13.7. The minimum atomic E-state index is 0.173. The van der Waals surface area contributed by atoms with Crippen LogP contribution in [0.1, 0.15) is 26.7 Å². The maximum Gasteiger partial charge on any atom is 0.138 e. The van der Waals surface area contributed by atoms with E-state index in [2.05, 4.69) is 17.7 Å². The molecule has 1 fully saturated rings. The first kappa shape index (κ1) is 10.3. The Hall–Kier alpha value is -0.810. The van der Waals surface area contributed by atoms with E-state index in [1.165, 1.54) is 0 Å². The number of terminal acetylenes is 1. The van der Waals surface area contributed by atoms with E-state index in [1.54, 1.807) is 0 Å². The zero-order chi connectivity index (χ0) is 9.84. The molecule has 0 radical (unpaired) electrons. The van der Waals surface area contributed by atoms with Gasteiger partial charge in [0, 0.05) is 37.9 Å². The Morgan fingerprint density at radius 1 is 1.62 bits per heavy atom. The van der Waals surface area contributed by atoms with Gasteiger partial charge in [-0.05, 0) is 6.92 Å². The van der Waals surface area contributed by atoms with Crippen LogP contribution in [0, 0.1) is 18.3 Å². The van der Waals surface area contributed by atoms with Crippen molar-refractivity contribution in [1.82, 2.24) is 4.90 Å². The Bertz CT molecular complexity index is 229. The molecule has 2 atom stereocenters. The quantitative estimate of drug-likeness (QED) is 0.596. The first-order valence-electron chi connectivity index (χ1n) is 4.87. The van der Waals surface area contributed by atoms with Crippen LogP contribution in [0.3, 0.4) is 0 Å². The van der Waals surface area contributed by atoms with Crippen LogP contribution in [0.5, 0.6) is 0 Å². The van der Waals surface area contributed by atoms with Crippen molar-refractivity contribution >= 4 is 5.78 Å². The van der Waals surface area contributed by atoms with Crippen LogP contribution in [0.2, 0.25) is 0 Å². The van der Waals surface area contributed by atoms with Crippen molar-refractivity contribution in [3.05, 3.63) is 0 Å². The Balaban J connectivity index is 2.49. The molecule has 0 aromatic rings. The number of nitrogens with zero attached hydrogens (tertiary/aromatic N) is 1. The smallest absolute Gasteiger partial charge is 0.138 e. The lowest BCUT2D eigenvalue weighted by atomic mass is 9.90. The molecule has 0 N–H and O–H groups in total. The summed E-state index contributed by atoms with van der Waals surface area (Å²) >= 11 is 0. The maximum absolute atomic E-state index is 11.4. The largest absolute Gasteiger partial charge is 0.299 e. The van der Waals surface area contributed by atoms with Gasteiger partial charge in [-0.3, -0.25) is 9.69 Å². The molecule has 1 aliphatic rings. The van der Waals surface area contributed by atoms with Crippen LogP contribution >= 0.6 is 0 Å². The standard InChI is InChI=1S/C11H17NO/c1-4-5-7-12-8-6-11(13)9(2)10(12)3/h1,9-10H,5-8H2,2-3H3. The molecular formula is C11H17NO. The molecule has 1 aliphatic heterocycles. The summed E-state index contributed by atoms with van der Waals surface area (Å²) in [6.07, 6.45) is 6.68. The lowest BCUT2D eigenvalue weighted by Crippen LogP contribution is -2.46. The number of rotatable bonds is 2. The molecule has 2 nitrogen and oxygen atoms in total. The second kappa shape index (κ2) is 4.43. The van der Waals surface area contributed by atoms with Gasteiger partial charge in [0.05, 0.1) is 0 Å². The number of carbonyl (C=O) groups is 1. The molecule has 1 heterocycles. The van der Waals surface area contributed by atoms with Crippen molar-refractivity contribution in [3.8, 4) is 12.3 Å². The summed E-state index contributed by atoms with van der Waals surface area (Å²) in [5, 5.41) is 0. The van der Waals surface area contributed by atoms with Crippen LogP contribution < -0.4 is 0 Å². The molecule has 0 bridgehead atoms. The Labute approximate surface area is 80.3 Å². The number of hydrogen-bond acceptors (Lipinski definition) is 2. The van der Waals surface area contributed by atoms with E-state index in [-0.39, 0.29) is 5.92 Å². The normalized spacial score (nSPS) is 30.1. The van der Waals surface area contributed by atoms with Gasteiger partial charge < -0.3 is 0 Å². The lowest BCUT2D eigenvalue weighted by Gasteiger charge is -2.36. The number of piperidine rings is 1. The highest BCUT2D eigenvalue weighted by Crippen LogP contribution is 2.19. The Kier molecular flexibility index (Phi) is 3.50. The number of likely N-dealkylation sites (tertiary alicyclic amines) is 1. The monoisotopic (exact) mass is 179 g/mol. The van der Waals surface area contributed by atoms with Crippen LogP contribution in [0.25, 0.3) is 0 Å². The van der Waals surface area contributed by atoms with Crippen molar-refractivity contribution in [3.63, 3.8) is 0 Å². The van der Waals surface area contributed by atoms with Gasteiger partial charge in [0.1, 0.15) is 5.78 Å². The Morgan fingerprint density at radius 2 is 2.31 bits per heavy atom. The van der Waals surface area contributed by atoms with E-state index in [1.807, 2.05) is 6.92 Å². The van der Waals surface area contributed by atoms with Crippen LogP contribution in [-0.4, -0.2) is 29.8 Å². The topological polar surface area (TPSA) is 20.3 Å². The van der Waals surface area contributed by atoms with Gasteiger partial charge in [0.2, 0.25) is 0 Å². The SMILES string of the molecule is C#CCCN1CCC(=O)C(C)C1C. The number of carbonyl (C=O) groups excluding carboxylic acids is 1. The van der Waals surface area contributed by atoms with Crippen LogP contribution in [0.4, 0.5) is 0 Å². The molecule has 72 valence electrons. The molecule has 0 aromatic heterocycles. The minimum Gasteiger partial charge on any atom is -0.299 e. The van der Waals surface area contributed by atoms with Gasteiger partial charge in [-0.1, -0.05) is 6.92 Å². The summed E-state index contributed by atoms with van der Waals surface area (Å²) in [6, 6.07) is 0.356. The molecule has 0 aromatic carbocycles. The van der Waals surface area contributed by atoms with Crippen molar-refractivity contribution in [2.75, 3.05) is 13.1 Å². The van der Waals surface area contributed by atoms with Crippen molar-refractivity contribution in [1.29, 1.82) is 0 Å². The second-order valence-corrected chi connectivity index (χ2v) is 3.74. The highest BCUT2D eigenvalue weighted by atomic mass is 16.1. The molecule has 0 aliphatic carbocycles. The van der Waals surface area contributed by atoms with E-state index in [9.17, 15) is 4.79 Å². The fraction of sp³-hybridized carbons (Fsp3) is 0.727. The predicted molar refractivity (Wildman–Crippen MR) is 53.3 cm³/mol. The summed E-state index contributed by atoms with van der Waals surface area (Å²) in [6.45, 7) is 5.93. The average Bonchev–Trinajstić information content (AvgIpc) is 2.13. The van der Waals surface area contributed by atoms with E-state index in [4.69, 9.17) is 6.42 Å². The molecule has 0 saturated carbocycles. The van der Waals surface area contributed by atoms with Crippen LogP contribution in [0.15, 0.2) is 0 Å². The first-order chi connectivity index (χ1) is 6.16. The number of ketones is 1. The van der Waals surface area contributed by atoms with Gasteiger partial charge >= 0.3 is 0 Å². The van der Waals surface area contributed by atoms with E-state index in [0.717, 1.165) is 19.5 Å². The fourth-order valence-electron chi connectivity index (χ4n) is 1.79. The summed E-state index contributed by atoms with van der Waals surface area (Å²) in [7, 11) is 0. The number of Topliss-reactive ketones (excluding diaryl/α,β-unsaturated/α-hetero) is 1. The molecule has 1 saturated heterocycles. The molecule has 0 spiro atoms. The molecule has 1 rings (SSSR count). The molecule has 2 unspecified atom stereocenters. The second-order valence-electron chi connectivity index (χ2n) is 3.74. The van der Waals surface area contributed by atoms with Gasteiger partial charge in [-0.15, -0.1) is 12.3 Å². The summed E-state index contributed by atoms with van der Waals surface area (Å²) in [5.41, 5.74) is 0. The molecular weight excluding hydrogens is 162 g/mol. The Morgan fingerprint density at radius 3 is 2.92 bits per heavy atom. The first-order valence-corrected chi connectivity index (χ1v) is 4.87. The van der Waals surface area contributed by atoms with Crippen molar-refractivity contribution in [2.24, 2.45) is 5.92 Å². The summed E-state index contributed by atoms with van der Waals surface area (Å²) in [5.74, 6) is 3.20. The van der Waals surface area contributed by atoms with Gasteiger partial charge in [0.15, 0.2) is 0 Å². The number of hydrogen-bond donors (Lipinski definition) is 0. The summed E-state index contributed by atoms with van der Waals surface area (Å²) < 4.78 is 0. The zero-order valence-electron chi connectivity index (χ0n) is 8.42. The van der Waals surface area contributed by atoms with Crippen molar-refractivity contribution < 1.29 is 4.79 Å². The molecule has 2 heteroatoms. The van der Waals surface area contributed by atoms with E-state index >= 15 is 0 Å². The minimum absolute atomic E-state index is 0.173. The van der Waals surface area contributed by atoms with E-state index in [0.29, 0.717) is 18.2 Å². The average molecular weight is 179 g/mol. The zero-order valence-corrected chi connectivity index (χ0v) is 8.42. The van der Waals surface area contributed by atoms with Crippen molar-refractivity contribution in [2.45, 2.75) is 32.7 Å². The van der Waals surface area contributed by atoms with Gasteiger partial charge in [-0.25, -0.2) is 0 Å². The third-order valence-electron chi connectivity index (χ3n) is 3.00. The highest BCUT2D eigenvalue weighted by molar-refractivity contribution is 5.82. The molecule has 13 heavy (non-hydrogen) atoms. The highest BCUT2D eigenvalue weighted by Gasteiger charge is 2.29. The van der Waals surface area contributed by atoms with Gasteiger partial charge in [0.25, 0.3) is 0 Å². The third-order valence-corrected chi connectivity index (χ3v) is 3.00. The maximum atomic E-state index is 11.4. The van der Waals surface area contributed by atoms with Crippen LogP contribution in [-0.2, 0) is 4.79 Å². The van der Waals surface area contributed by atoms with Gasteiger partial charge in [-0.2, -0.15) is 0 Å². The lowest BCUT2D eigenvalue weighted by molar-refractivity contribution is -0.127.